The standard InChI is InChI=1S/C26H31N/c1-2-3-4-5-21-12-16-25(17-13-21)26-18-14-23(15-19-26)7-6-22-8-10-24(20-27)11-9-22/h6-7,12-19,22,24H,2-5,8-11H2,1H3/b7-6+. The Morgan fingerprint density at radius 1 is 0.889 bits per heavy atom. The van der Waals surface area contributed by atoms with Crippen LogP contribution in [0.15, 0.2) is 54.6 Å². The number of hydrogen-bond donors (Lipinski definition) is 0. The van der Waals surface area contributed by atoms with Gasteiger partial charge in [0, 0.05) is 5.92 Å². The first-order chi connectivity index (χ1) is 13.3. The van der Waals surface area contributed by atoms with Crippen LogP contribution in [-0.4, -0.2) is 0 Å². The summed E-state index contributed by atoms with van der Waals surface area (Å²) in [4.78, 5) is 0. The zero-order valence-electron chi connectivity index (χ0n) is 16.5. The average molecular weight is 358 g/mol. The molecule has 1 aliphatic carbocycles. The lowest BCUT2D eigenvalue weighted by atomic mass is 9.82. The topological polar surface area (TPSA) is 23.8 Å². The van der Waals surface area contributed by atoms with Crippen LogP contribution >= 0.6 is 0 Å². The fourth-order valence-corrected chi connectivity index (χ4v) is 3.92. The van der Waals surface area contributed by atoms with Crippen LogP contribution in [-0.2, 0) is 6.42 Å². The van der Waals surface area contributed by atoms with Crippen LogP contribution < -0.4 is 0 Å². The fourth-order valence-electron chi connectivity index (χ4n) is 3.92. The highest BCUT2D eigenvalue weighted by atomic mass is 14.3. The van der Waals surface area contributed by atoms with Crippen molar-refractivity contribution < 1.29 is 0 Å². The number of hydrogen-bond acceptors (Lipinski definition) is 1. The van der Waals surface area contributed by atoms with Crippen LogP contribution in [0.3, 0.4) is 0 Å². The summed E-state index contributed by atoms with van der Waals surface area (Å²) >= 11 is 0. The van der Waals surface area contributed by atoms with Crippen molar-refractivity contribution in [2.24, 2.45) is 11.8 Å². The highest BCUT2D eigenvalue weighted by Crippen LogP contribution is 2.29. The lowest BCUT2D eigenvalue weighted by Gasteiger charge is -2.21. The molecule has 1 nitrogen and oxygen atoms in total. The van der Waals surface area contributed by atoms with Crippen LogP contribution in [0, 0.1) is 23.2 Å². The summed E-state index contributed by atoms with van der Waals surface area (Å²) in [5.41, 5.74) is 5.27. The van der Waals surface area contributed by atoms with Gasteiger partial charge in [-0.15, -0.1) is 0 Å². The molecule has 0 aromatic heterocycles. The van der Waals surface area contributed by atoms with E-state index in [-0.39, 0.29) is 5.92 Å². The van der Waals surface area contributed by atoms with Gasteiger partial charge in [0.15, 0.2) is 0 Å². The van der Waals surface area contributed by atoms with E-state index in [1.54, 1.807) is 0 Å². The Bertz CT molecular complexity index is 753. The van der Waals surface area contributed by atoms with Gasteiger partial charge in [-0.3, -0.25) is 0 Å². The fraction of sp³-hybridized carbons (Fsp3) is 0.423. The Morgan fingerprint density at radius 3 is 2.11 bits per heavy atom. The van der Waals surface area contributed by atoms with Gasteiger partial charge < -0.3 is 0 Å². The molecule has 0 spiro atoms. The van der Waals surface area contributed by atoms with E-state index in [0.717, 1.165) is 25.7 Å². The molecule has 0 heterocycles. The van der Waals surface area contributed by atoms with E-state index >= 15 is 0 Å². The predicted molar refractivity (Wildman–Crippen MR) is 115 cm³/mol. The maximum atomic E-state index is 9.00. The third-order valence-corrected chi connectivity index (χ3v) is 5.78. The Kier molecular flexibility index (Phi) is 7.28. The number of nitrogens with zero attached hydrogens (tertiary/aromatic N) is 1. The third kappa shape index (κ3) is 5.83. The summed E-state index contributed by atoms with van der Waals surface area (Å²) < 4.78 is 0. The molecule has 1 aliphatic rings. The van der Waals surface area contributed by atoms with Gasteiger partial charge in [0.2, 0.25) is 0 Å². The van der Waals surface area contributed by atoms with Gasteiger partial charge in [0.25, 0.3) is 0 Å². The lowest BCUT2D eigenvalue weighted by Crippen LogP contribution is -2.11. The molecule has 0 amide bonds. The highest BCUT2D eigenvalue weighted by molar-refractivity contribution is 5.66. The van der Waals surface area contributed by atoms with Crippen molar-refractivity contribution in [3.8, 4) is 17.2 Å². The average Bonchev–Trinajstić information content (AvgIpc) is 2.74. The van der Waals surface area contributed by atoms with Crippen molar-refractivity contribution in [1.82, 2.24) is 0 Å². The van der Waals surface area contributed by atoms with E-state index in [9.17, 15) is 0 Å². The third-order valence-electron chi connectivity index (χ3n) is 5.78. The summed E-state index contributed by atoms with van der Waals surface area (Å²) in [5.74, 6) is 0.918. The predicted octanol–water partition coefficient (Wildman–Crippen LogP) is 7.43. The van der Waals surface area contributed by atoms with Crippen molar-refractivity contribution >= 4 is 6.08 Å². The number of rotatable bonds is 7. The minimum atomic E-state index is 0.284. The number of nitriles is 1. The zero-order chi connectivity index (χ0) is 18.9. The zero-order valence-corrected chi connectivity index (χ0v) is 16.5. The van der Waals surface area contributed by atoms with Crippen LogP contribution in [0.25, 0.3) is 17.2 Å². The first-order valence-corrected chi connectivity index (χ1v) is 10.6. The molecule has 1 saturated carbocycles. The Balaban J connectivity index is 1.55. The van der Waals surface area contributed by atoms with E-state index in [1.807, 2.05) is 0 Å². The quantitative estimate of drug-likeness (QED) is 0.473. The summed E-state index contributed by atoms with van der Waals surface area (Å²) in [6.45, 7) is 2.25. The summed E-state index contributed by atoms with van der Waals surface area (Å²) in [6, 6.07) is 20.3. The van der Waals surface area contributed by atoms with Gasteiger partial charge in [-0.1, -0.05) is 80.4 Å². The molecule has 0 atom stereocenters. The molecule has 2 aromatic rings. The number of benzene rings is 2. The van der Waals surface area contributed by atoms with Gasteiger partial charge in [0.05, 0.1) is 6.07 Å². The van der Waals surface area contributed by atoms with Crippen LogP contribution in [0.2, 0.25) is 0 Å². The van der Waals surface area contributed by atoms with Crippen LogP contribution in [0.4, 0.5) is 0 Å². The molecule has 27 heavy (non-hydrogen) atoms. The van der Waals surface area contributed by atoms with Gasteiger partial charge in [-0.25, -0.2) is 0 Å². The number of unbranched alkanes of at least 4 members (excludes halogenated alkanes) is 2. The molecule has 0 radical (unpaired) electrons. The van der Waals surface area contributed by atoms with E-state index in [4.69, 9.17) is 5.26 Å². The summed E-state index contributed by atoms with van der Waals surface area (Å²) in [6.07, 6.45) is 14.1. The minimum Gasteiger partial charge on any atom is -0.198 e. The maximum Gasteiger partial charge on any atom is 0.0655 e. The molecule has 140 valence electrons. The number of aryl methyl sites for hydroxylation is 1. The molecule has 1 fully saturated rings. The second-order valence-corrected chi connectivity index (χ2v) is 7.88. The molecule has 2 aromatic carbocycles. The van der Waals surface area contributed by atoms with Crippen LogP contribution in [0.5, 0.6) is 0 Å². The van der Waals surface area contributed by atoms with Crippen LogP contribution in [0.1, 0.15) is 63.0 Å². The van der Waals surface area contributed by atoms with E-state index in [0.29, 0.717) is 5.92 Å². The van der Waals surface area contributed by atoms with Crippen molar-refractivity contribution in [1.29, 1.82) is 5.26 Å². The highest BCUT2D eigenvalue weighted by Gasteiger charge is 2.18. The molecular formula is C26H31N. The molecule has 0 aliphatic heterocycles. The molecule has 3 rings (SSSR count). The van der Waals surface area contributed by atoms with Crippen molar-refractivity contribution in [3.05, 3.63) is 65.7 Å². The Hall–Kier alpha value is -2.33. The van der Waals surface area contributed by atoms with Gasteiger partial charge in [-0.2, -0.15) is 5.26 Å². The molecule has 0 N–H and O–H groups in total. The normalized spacial score (nSPS) is 19.9. The van der Waals surface area contributed by atoms with Gasteiger partial charge >= 0.3 is 0 Å². The molecule has 0 saturated heterocycles. The van der Waals surface area contributed by atoms with Gasteiger partial charge in [0.1, 0.15) is 0 Å². The van der Waals surface area contributed by atoms with E-state index in [1.165, 1.54) is 47.9 Å². The SMILES string of the molecule is CCCCCc1ccc(-c2ccc(/C=C/C3CCC(C#N)CC3)cc2)cc1. The van der Waals surface area contributed by atoms with Crippen molar-refractivity contribution in [2.45, 2.75) is 58.3 Å². The van der Waals surface area contributed by atoms with Crippen molar-refractivity contribution in [3.63, 3.8) is 0 Å². The molecule has 0 unspecified atom stereocenters. The number of allylic oxidation sites excluding steroid dienone is 1. The lowest BCUT2D eigenvalue weighted by molar-refractivity contribution is 0.363. The minimum absolute atomic E-state index is 0.284. The van der Waals surface area contributed by atoms with E-state index in [2.05, 4.69) is 73.7 Å². The Morgan fingerprint density at radius 2 is 1.52 bits per heavy atom. The smallest absolute Gasteiger partial charge is 0.0655 e. The Labute approximate surface area is 164 Å². The van der Waals surface area contributed by atoms with E-state index < -0.39 is 0 Å². The monoisotopic (exact) mass is 357 g/mol. The summed E-state index contributed by atoms with van der Waals surface area (Å²) in [7, 11) is 0. The second kappa shape index (κ2) is 10.1. The van der Waals surface area contributed by atoms with Crippen molar-refractivity contribution in [2.75, 3.05) is 0 Å². The second-order valence-electron chi connectivity index (χ2n) is 7.88. The molecule has 1 heteroatoms. The largest absolute Gasteiger partial charge is 0.198 e. The first-order valence-electron chi connectivity index (χ1n) is 10.6. The summed E-state index contributed by atoms with van der Waals surface area (Å²) in [5, 5.41) is 9.00. The molecular weight excluding hydrogens is 326 g/mol. The molecule has 0 bridgehead atoms. The first kappa shape index (κ1) is 19.4. The van der Waals surface area contributed by atoms with Gasteiger partial charge in [-0.05, 0) is 66.7 Å². The maximum absolute atomic E-state index is 9.00.